The minimum absolute atomic E-state index is 0.227. The summed E-state index contributed by atoms with van der Waals surface area (Å²) in [6.07, 6.45) is 1.68. The van der Waals surface area contributed by atoms with Crippen LogP contribution in [-0.4, -0.2) is 43.7 Å². The second kappa shape index (κ2) is 5.93. The summed E-state index contributed by atoms with van der Waals surface area (Å²) in [5, 5.41) is 2.94. The number of nitrogens with zero attached hydrogens (tertiary/aromatic N) is 1. The van der Waals surface area contributed by atoms with Gasteiger partial charge in [-0.1, -0.05) is 6.07 Å². The average molecular weight is 310 g/mol. The van der Waals surface area contributed by atoms with Gasteiger partial charge in [0.2, 0.25) is 0 Å². The van der Waals surface area contributed by atoms with Gasteiger partial charge in [-0.25, -0.2) is 8.78 Å². The topological polar surface area (TPSA) is 41.6 Å². The minimum Gasteiger partial charge on any atom is -0.366 e. The van der Waals surface area contributed by atoms with Crippen molar-refractivity contribution in [1.29, 1.82) is 0 Å². The largest absolute Gasteiger partial charge is 0.366 e. The first-order valence-electron chi connectivity index (χ1n) is 7.58. The molecule has 1 aromatic carbocycles. The molecule has 22 heavy (non-hydrogen) atoms. The molecule has 1 N–H and O–H groups in total. The molecule has 0 bridgehead atoms. The SMILES string of the molecule is CN1CCO[C@@H](C(=O)NC2(c3ccc(F)cc3F)CCC2)C1. The molecule has 1 aliphatic carbocycles. The number of hydrogen-bond donors (Lipinski definition) is 1. The number of amides is 1. The lowest BCUT2D eigenvalue weighted by Gasteiger charge is -2.44. The van der Waals surface area contributed by atoms with Gasteiger partial charge in [0.15, 0.2) is 0 Å². The highest BCUT2D eigenvalue weighted by atomic mass is 19.1. The van der Waals surface area contributed by atoms with E-state index in [9.17, 15) is 13.6 Å². The highest BCUT2D eigenvalue weighted by molar-refractivity contribution is 5.82. The summed E-state index contributed by atoms with van der Waals surface area (Å²) in [4.78, 5) is 14.5. The molecule has 0 aromatic heterocycles. The van der Waals surface area contributed by atoms with Crippen LogP contribution in [0.15, 0.2) is 18.2 Å². The van der Waals surface area contributed by atoms with E-state index in [1.54, 1.807) is 0 Å². The van der Waals surface area contributed by atoms with Crippen molar-refractivity contribution in [2.24, 2.45) is 0 Å². The van der Waals surface area contributed by atoms with E-state index in [2.05, 4.69) is 5.32 Å². The fraction of sp³-hybridized carbons (Fsp3) is 0.562. The van der Waals surface area contributed by atoms with Gasteiger partial charge in [-0.05, 0) is 32.4 Å². The molecule has 1 aliphatic heterocycles. The normalized spacial score (nSPS) is 24.6. The first kappa shape index (κ1) is 15.4. The molecule has 2 fully saturated rings. The minimum atomic E-state index is -0.728. The third-order valence-electron chi connectivity index (χ3n) is 4.58. The first-order chi connectivity index (χ1) is 10.5. The maximum absolute atomic E-state index is 14.1. The lowest BCUT2D eigenvalue weighted by atomic mass is 9.71. The number of morpholine rings is 1. The van der Waals surface area contributed by atoms with Crippen molar-refractivity contribution < 1.29 is 18.3 Å². The summed E-state index contributed by atoms with van der Waals surface area (Å²) in [5.41, 5.74) is -0.369. The van der Waals surface area contributed by atoms with E-state index in [4.69, 9.17) is 4.74 Å². The molecule has 0 spiro atoms. The Bertz CT molecular complexity index is 575. The number of halogens is 2. The van der Waals surface area contributed by atoms with E-state index in [1.165, 1.54) is 12.1 Å². The van der Waals surface area contributed by atoms with Crippen molar-refractivity contribution >= 4 is 5.91 Å². The zero-order valence-corrected chi connectivity index (χ0v) is 12.6. The van der Waals surface area contributed by atoms with Gasteiger partial charge in [-0.2, -0.15) is 0 Å². The fourth-order valence-corrected chi connectivity index (χ4v) is 3.12. The fourth-order valence-electron chi connectivity index (χ4n) is 3.12. The molecular weight excluding hydrogens is 290 g/mol. The van der Waals surface area contributed by atoms with E-state index < -0.39 is 23.3 Å². The smallest absolute Gasteiger partial charge is 0.251 e. The molecule has 2 aliphatic rings. The Kier molecular flexibility index (Phi) is 4.14. The van der Waals surface area contributed by atoms with Gasteiger partial charge in [0.05, 0.1) is 12.1 Å². The molecule has 1 heterocycles. The standard InChI is InChI=1S/C16H20F2N2O2/c1-20-7-8-22-14(10-20)15(21)19-16(5-2-6-16)12-4-3-11(17)9-13(12)18/h3-4,9,14H,2,5-8,10H2,1H3,(H,19,21)/t14-/m1/s1. The van der Waals surface area contributed by atoms with Gasteiger partial charge in [0.1, 0.15) is 17.7 Å². The van der Waals surface area contributed by atoms with Gasteiger partial charge >= 0.3 is 0 Å². The van der Waals surface area contributed by atoms with Crippen molar-refractivity contribution in [3.63, 3.8) is 0 Å². The Morgan fingerprint density at radius 2 is 2.18 bits per heavy atom. The Hall–Kier alpha value is -1.53. The Labute approximate surface area is 128 Å². The number of ether oxygens (including phenoxy) is 1. The van der Waals surface area contributed by atoms with Gasteiger partial charge in [-0.15, -0.1) is 0 Å². The van der Waals surface area contributed by atoms with Crippen molar-refractivity contribution in [2.75, 3.05) is 26.7 Å². The molecule has 6 heteroatoms. The molecule has 4 nitrogen and oxygen atoms in total. The third-order valence-corrected chi connectivity index (χ3v) is 4.58. The van der Waals surface area contributed by atoms with Crippen LogP contribution in [0, 0.1) is 11.6 Å². The van der Waals surface area contributed by atoms with E-state index in [1.807, 2.05) is 11.9 Å². The number of carbonyl (C=O) groups is 1. The number of likely N-dealkylation sites (N-methyl/N-ethyl adjacent to an activating group) is 1. The summed E-state index contributed by atoms with van der Waals surface area (Å²) >= 11 is 0. The van der Waals surface area contributed by atoms with Crippen LogP contribution in [0.3, 0.4) is 0 Å². The van der Waals surface area contributed by atoms with E-state index >= 15 is 0 Å². The molecule has 3 rings (SSSR count). The average Bonchev–Trinajstić information content (AvgIpc) is 2.43. The monoisotopic (exact) mass is 310 g/mol. The molecule has 0 unspecified atom stereocenters. The second-order valence-corrected chi connectivity index (χ2v) is 6.17. The highest BCUT2D eigenvalue weighted by Gasteiger charge is 2.43. The Morgan fingerprint density at radius 1 is 1.41 bits per heavy atom. The van der Waals surface area contributed by atoms with Crippen molar-refractivity contribution in [2.45, 2.75) is 30.9 Å². The zero-order valence-electron chi connectivity index (χ0n) is 12.6. The van der Waals surface area contributed by atoms with Crippen LogP contribution in [0.25, 0.3) is 0 Å². The van der Waals surface area contributed by atoms with Crippen LogP contribution >= 0.6 is 0 Å². The van der Waals surface area contributed by atoms with Crippen molar-refractivity contribution in [3.8, 4) is 0 Å². The molecule has 1 atom stereocenters. The number of carbonyl (C=O) groups excluding carboxylic acids is 1. The zero-order chi connectivity index (χ0) is 15.7. The summed E-state index contributed by atoms with van der Waals surface area (Å²) < 4.78 is 32.7. The van der Waals surface area contributed by atoms with E-state index in [0.717, 1.165) is 19.0 Å². The van der Waals surface area contributed by atoms with Gasteiger partial charge < -0.3 is 15.0 Å². The molecule has 1 saturated carbocycles. The lowest BCUT2D eigenvalue weighted by Crippen LogP contribution is -2.57. The molecule has 1 amide bonds. The number of benzene rings is 1. The second-order valence-electron chi connectivity index (χ2n) is 6.17. The molecule has 120 valence electrons. The highest BCUT2D eigenvalue weighted by Crippen LogP contribution is 2.42. The maximum Gasteiger partial charge on any atom is 0.251 e. The molecule has 0 radical (unpaired) electrons. The third kappa shape index (κ3) is 2.85. The maximum atomic E-state index is 14.1. The molecule has 1 aromatic rings. The van der Waals surface area contributed by atoms with Crippen LogP contribution < -0.4 is 5.32 Å². The number of rotatable bonds is 3. The summed E-state index contributed by atoms with van der Waals surface area (Å²) in [6.45, 7) is 1.82. The number of nitrogens with one attached hydrogen (secondary N) is 1. The summed E-state index contributed by atoms with van der Waals surface area (Å²) in [7, 11) is 1.93. The van der Waals surface area contributed by atoms with Crippen LogP contribution in [0.5, 0.6) is 0 Å². The van der Waals surface area contributed by atoms with Crippen LogP contribution in [0.1, 0.15) is 24.8 Å². The summed E-state index contributed by atoms with van der Waals surface area (Å²) in [6, 6.07) is 3.53. The van der Waals surface area contributed by atoms with Gasteiger partial charge in [0.25, 0.3) is 5.91 Å². The predicted molar refractivity (Wildman–Crippen MR) is 77.3 cm³/mol. The quantitative estimate of drug-likeness (QED) is 0.925. The number of hydrogen-bond acceptors (Lipinski definition) is 3. The van der Waals surface area contributed by atoms with Crippen molar-refractivity contribution in [3.05, 3.63) is 35.4 Å². The first-order valence-corrected chi connectivity index (χ1v) is 7.58. The Balaban J connectivity index is 1.77. The van der Waals surface area contributed by atoms with Gasteiger partial charge in [-0.3, -0.25) is 4.79 Å². The Morgan fingerprint density at radius 3 is 2.77 bits per heavy atom. The van der Waals surface area contributed by atoms with E-state index in [0.29, 0.717) is 31.6 Å². The van der Waals surface area contributed by atoms with Crippen LogP contribution in [0.2, 0.25) is 0 Å². The summed E-state index contributed by atoms with van der Waals surface area (Å²) in [5.74, 6) is -1.45. The predicted octanol–water partition coefficient (Wildman–Crippen LogP) is 1.79. The van der Waals surface area contributed by atoms with Crippen molar-refractivity contribution in [1.82, 2.24) is 10.2 Å². The van der Waals surface area contributed by atoms with Crippen LogP contribution in [0.4, 0.5) is 8.78 Å². The molecule has 1 saturated heterocycles. The lowest BCUT2D eigenvalue weighted by molar-refractivity contribution is -0.141. The van der Waals surface area contributed by atoms with Gasteiger partial charge in [0, 0.05) is 24.7 Å². The molecular formula is C16H20F2N2O2. The van der Waals surface area contributed by atoms with Crippen LogP contribution in [-0.2, 0) is 15.1 Å². The van der Waals surface area contributed by atoms with E-state index in [-0.39, 0.29) is 5.91 Å².